The number of ether oxygens (including phenoxy) is 1. The molecule has 152 valence electrons. The van der Waals surface area contributed by atoms with Gasteiger partial charge in [-0.2, -0.15) is 0 Å². The highest BCUT2D eigenvalue weighted by Crippen LogP contribution is 2.26. The SMILES string of the molecule is CCCCOC(=O)CC1C(=O)NCCN1C(=O)CN1CCCc2ccccc21. The van der Waals surface area contributed by atoms with E-state index in [0.29, 0.717) is 19.7 Å². The first-order valence-electron chi connectivity index (χ1n) is 10.2. The van der Waals surface area contributed by atoms with E-state index in [0.717, 1.165) is 37.9 Å². The van der Waals surface area contributed by atoms with Gasteiger partial charge in [-0.25, -0.2) is 0 Å². The molecule has 3 rings (SSSR count). The number of anilines is 1. The Kier molecular flexibility index (Phi) is 6.90. The minimum absolute atomic E-state index is 0.0993. The summed E-state index contributed by atoms with van der Waals surface area (Å²) in [7, 11) is 0. The Bertz CT molecular complexity index is 721. The van der Waals surface area contributed by atoms with E-state index in [4.69, 9.17) is 4.74 Å². The average molecular weight is 387 g/mol. The maximum absolute atomic E-state index is 13.0. The van der Waals surface area contributed by atoms with E-state index in [2.05, 4.69) is 16.3 Å². The van der Waals surface area contributed by atoms with Crippen LogP contribution < -0.4 is 10.2 Å². The number of nitrogens with one attached hydrogen (secondary N) is 1. The van der Waals surface area contributed by atoms with Gasteiger partial charge >= 0.3 is 5.97 Å². The summed E-state index contributed by atoms with van der Waals surface area (Å²) in [6.07, 6.45) is 3.63. The lowest BCUT2D eigenvalue weighted by Crippen LogP contribution is -2.59. The minimum Gasteiger partial charge on any atom is -0.466 e. The number of hydrogen-bond acceptors (Lipinski definition) is 5. The Morgan fingerprint density at radius 2 is 2.07 bits per heavy atom. The standard InChI is InChI=1S/C21H29N3O4/c1-2-3-13-28-20(26)14-18-21(27)22-10-12-24(18)19(25)15-23-11-6-8-16-7-4-5-9-17(16)23/h4-5,7,9,18H,2-3,6,8,10-15H2,1H3,(H,22,27). The molecule has 1 N–H and O–H groups in total. The number of piperazine rings is 1. The molecule has 1 unspecified atom stereocenters. The largest absolute Gasteiger partial charge is 0.466 e. The number of aryl methyl sites for hydroxylation is 1. The fourth-order valence-corrected chi connectivity index (χ4v) is 3.79. The maximum Gasteiger partial charge on any atom is 0.308 e. The van der Waals surface area contributed by atoms with Crippen molar-refractivity contribution >= 4 is 23.5 Å². The van der Waals surface area contributed by atoms with Gasteiger partial charge in [-0.15, -0.1) is 0 Å². The van der Waals surface area contributed by atoms with Gasteiger partial charge in [0.1, 0.15) is 6.04 Å². The molecule has 0 spiro atoms. The van der Waals surface area contributed by atoms with Crippen molar-refractivity contribution in [2.75, 3.05) is 37.7 Å². The first-order valence-corrected chi connectivity index (χ1v) is 10.2. The summed E-state index contributed by atoms with van der Waals surface area (Å²) in [5.74, 6) is -0.847. The molecule has 1 fully saturated rings. The zero-order chi connectivity index (χ0) is 19.9. The van der Waals surface area contributed by atoms with Crippen molar-refractivity contribution in [2.24, 2.45) is 0 Å². The van der Waals surface area contributed by atoms with Crippen LogP contribution in [0.4, 0.5) is 5.69 Å². The van der Waals surface area contributed by atoms with Gasteiger partial charge in [0.05, 0.1) is 19.6 Å². The van der Waals surface area contributed by atoms with Crippen molar-refractivity contribution in [3.8, 4) is 0 Å². The van der Waals surface area contributed by atoms with Gasteiger partial charge in [-0.1, -0.05) is 31.5 Å². The third-order valence-electron chi connectivity index (χ3n) is 5.30. The lowest BCUT2D eigenvalue weighted by Gasteiger charge is -2.37. The molecule has 2 aliphatic rings. The quantitative estimate of drug-likeness (QED) is 0.567. The summed E-state index contributed by atoms with van der Waals surface area (Å²) < 4.78 is 5.19. The second-order valence-electron chi connectivity index (χ2n) is 7.33. The number of hydrogen-bond donors (Lipinski definition) is 1. The van der Waals surface area contributed by atoms with Crippen LogP contribution in [0.5, 0.6) is 0 Å². The molecule has 1 saturated heterocycles. The second-order valence-corrected chi connectivity index (χ2v) is 7.33. The van der Waals surface area contributed by atoms with Gasteiger partial charge in [-0.3, -0.25) is 14.4 Å². The van der Waals surface area contributed by atoms with Crippen molar-refractivity contribution in [2.45, 2.75) is 45.1 Å². The fraction of sp³-hybridized carbons (Fsp3) is 0.571. The summed E-state index contributed by atoms with van der Waals surface area (Å²) in [6, 6.07) is 7.32. The number of benzene rings is 1. The monoisotopic (exact) mass is 387 g/mol. The lowest BCUT2D eigenvalue weighted by molar-refractivity contribution is -0.151. The highest BCUT2D eigenvalue weighted by Gasteiger charge is 2.36. The van der Waals surface area contributed by atoms with Crippen LogP contribution in [0.2, 0.25) is 0 Å². The molecule has 2 aliphatic heterocycles. The number of fused-ring (bicyclic) bond motifs is 1. The molecular weight excluding hydrogens is 358 g/mol. The Morgan fingerprint density at radius 3 is 2.89 bits per heavy atom. The van der Waals surface area contributed by atoms with Gasteiger partial charge < -0.3 is 19.9 Å². The zero-order valence-electron chi connectivity index (χ0n) is 16.5. The molecule has 0 bridgehead atoms. The molecule has 1 atom stereocenters. The zero-order valence-corrected chi connectivity index (χ0v) is 16.5. The minimum atomic E-state index is -0.796. The number of esters is 1. The van der Waals surface area contributed by atoms with E-state index in [-0.39, 0.29) is 24.8 Å². The molecular formula is C21H29N3O4. The molecule has 1 aromatic rings. The summed E-state index contributed by atoms with van der Waals surface area (Å²) in [6.45, 7) is 4.21. The summed E-state index contributed by atoms with van der Waals surface area (Å²) >= 11 is 0. The number of carbonyl (C=O) groups is 3. The Balaban J connectivity index is 1.65. The van der Waals surface area contributed by atoms with E-state index < -0.39 is 12.0 Å². The van der Waals surface area contributed by atoms with Gasteiger partial charge in [0.2, 0.25) is 11.8 Å². The molecule has 0 aliphatic carbocycles. The van der Waals surface area contributed by atoms with Crippen LogP contribution in [-0.4, -0.2) is 61.5 Å². The predicted molar refractivity (Wildman–Crippen MR) is 106 cm³/mol. The van der Waals surface area contributed by atoms with Crippen LogP contribution in [0, 0.1) is 0 Å². The maximum atomic E-state index is 13.0. The number of amides is 2. The van der Waals surface area contributed by atoms with Crippen molar-refractivity contribution in [3.05, 3.63) is 29.8 Å². The molecule has 2 amide bonds. The van der Waals surface area contributed by atoms with Crippen LogP contribution in [0.3, 0.4) is 0 Å². The van der Waals surface area contributed by atoms with Gasteiger partial charge in [0.25, 0.3) is 0 Å². The molecule has 7 nitrogen and oxygen atoms in total. The van der Waals surface area contributed by atoms with Crippen molar-refractivity contribution < 1.29 is 19.1 Å². The molecule has 28 heavy (non-hydrogen) atoms. The fourth-order valence-electron chi connectivity index (χ4n) is 3.79. The smallest absolute Gasteiger partial charge is 0.308 e. The van der Waals surface area contributed by atoms with E-state index in [1.165, 1.54) is 10.5 Å². The Hall–Kier alpha value is -2.57. The van der Waals surface area contributed by atoms with Gasteiger partial charge in [-0.05, 0) is 30.9 Å². The molecule has 1 aromatic carbocycles. The number of unbranched alkanes of at least 4 members (excludes halogenated alkanes) is 1. The molecule has 2 heterocycles. The van der Waals surface area contributed by atoms with Gasteiger partial charge in [0.15, 0.2) is 0 Å². The highest BCUT2D eigenvalue weighted by molar-refractivity contribution is 5.93. The van der Waals surface area contributed by atoms with E-state index in [1.54, 1.807) is 0 Å². The van der Waals surface area contributed by atoms with Crippen molar-refractivity contribution in [1.82, 2.24) is 10.2 Å². The molecule has 0 saturated carbocycles. The van der Waals surface area contributed by atoms with Crippen LogP contribution >= 0.6 is 0 Å². The number of para-hydroxylation sites is 1. The van der Waals surface area contributed by atoms with Crippen molar-refractivity contribution in [3.63, 3.8) is 0 Å². The third kappa shape index (κ3) is 4.82. The number of rotatable bonds is 7. The molecule has 0 radical (unpaired) electrons. The number of nitrogens with zero attached hydrogens (tertiary/aromatic N) is 2. The van der Waals surface area contributed by atoms with E-state index in [9.17, 15) is 14.4 Å². The first kappa shape index (κ1) is 20.2. The predicted octanol–water partition coefficient (Wildman–Crippen LogP) is 1.50. The van der Waals surface area contributed by atoms with Crippen molar-refractivity contribution in [1.29, 1.82) is 0 Å². The molecule has 0 aromatic heterocycles. The van der Waals surface area contributed by atoms with Gasteiger partial charge in [0, 0.05) is 25.3 Å². The average Bonchev–Trinajstić information content (AvgIpc) is 2.70. The second kappa shape index (κ2) is 9.57. The Morgan fingerprint density at radius 1 is 1.25 bits per heavy atom. The van der Waals surface area contributed by atoms with Crippen LogP contribution in [0.25, 0.3) is 0 Å². The van der Waals surface area contributed by atoms with Crippen LogP contribution in [0.1, 0.15) is 38.2 Å². The van der Waals surface area contributed by atoms with Crippen LogP contribution in [0.15, 0.2) is 24.3 Å². The molecule has 7 heteroatoms. The first-order chi connectivity index (χ1) is 13.6. The highest BCUT2D eigenvalue weighted by atomic mass is 16.5. The summed E-state index contributed by atoms with van der Waals surface area (Å²) in [5.41, 5.74) is 2.33. The normalized spacial score (nSPS) is 19.0. The summed E-state index contributed by atoms with van der Waals surface area (Å²) in [4.78, 5) is 41.1. The van der Waals surface area contributed by atoms with E-state index in [1.807, 2.05) is 25.1 Å². The number of carbonyl (C=O) groups excluding carboxylic acids is 3. The Labute approximate surface area is 166 Å². The van der Waals surface area contributed by atoms with E-state index >= 15 is 0 Å². The van der Waals surface area contributed by atoms with Crippen LogP contribution in [-0.2, 0) is 25.5 Å². The topological polar surface area (TPSA) is 79.0 Å². The lowest BCUT2D eigenvalue weighted by atomic mass is 10.0. The summed E-state index contributed by atoms with van der Waals surface area (Å²) in [5, 5.41) is 2.75. The third-order valence-corrected chi connectivity index (χ3v) is 5.30.